The fourth-order valence-corrected chi connectivity index (χ4v) is 2.94. The van der Waals surface area contributed by atoms with E-state index in [0.717, 1.165) is 16.3 Å². The summed E-state index contributed by atoms with van der Waals surface area (Å²) in [4.78, 5) is 12.6. The van der Waals surface area contributed by atoms with Gasteiger partial charge >= 0.3 is 0 Å². The van der Waals surface area contributed by atoms with Crippen molar-refractivity contribution in [3.8, 4) is 17.2 Å². The van der Waals surface area contributed by atoms with E-state index in [1.165, 1.54) is 21.3 Å². The van der Waals surface area contributed by atoms with Gasteiger partial charge in [0.15, 0.2) is 11.5 Å². The lowest BCUT2D eigenvalue weighted by molar-refractivity contribution is 0.0950. The van der Waals surface area contributed by atoms with Crippen LogP contribution in [0, 0.1) is 0 Å². The lowest BCUT2D eigenvalue weighted by Gasteiger charge is -2.14. The van der Waals surface area contributed by atoms with Crippen LogP contribution < -0.4 is 19.5 Å². The molecule has 0 atom stereocenters. The maximum absolute atomic E-state index is 12.6. The minimum atomic E-state index is -0.211. The van der Waals surface area contributed by atoms with Gasteiger partial charge < -0.3 is 19.5 Å². The van der Waals surface area contributed by atoms with Gasteiger partial charge in [0.1, 0.15) is 0 Å². The van der Waals surface area contributed by atoms with Gasteiger partial charge in [-0.15, -0.1) is 0 Å². The summed E-state index contributed by atoms with van der Waals surface area (Å²) < 4.78 is 15.9. The van der Waals surface area contributed by atoms with Gasteiger partial charge in [-0.25, -0.2) is 0 Å². The number of methoxy groups -OCH3 is 3. The first-order valence-electron chi connectivity index (χ1n) is 8.22. The smallest absolute Gasteiger partial charge is 0.251 e. The second-order valence-electron chi connectivity index (χ2n) is 5.73. The van der Waals surface area contributed by atoms with E-state index in [1.807, 2.05) is 24.3 Å². The molecule has 0 saturated carbocycles. The van der Waals surface area contributed by atoms with E-state index in [1.54, 1.807) is 12.1 Å². The number of rotatable bonds is 6. The van der Waals surface area contributed by atoms with E-state index in [9.17, 15) is 4.79 Å². The number of carbonyl (C=O) groups is 1. The molecule has 0 unspecified atom stereocenters. The van der Waals surface area contributed by atoms with Crippen molar-refractivity contribution in [2.75, 3.05) is 21.3 Å². The van der Waals surface area contributed by atoms with Gasteiger partial charge in [0.2, 0.25) is 5.75 Å². The molecular weight excluding hydrogens is 330 g/mol. The van der Waals surface area contributed by atoms with Crippen molar-refractivity contribution in [1.29, 1.82) is 0 Å². The molecule has 0 aliphatic rings. The van der Waals surface area contributed by atoms with Gasteiger partial charge in [-0.05, 0) is 28.5 Å². The van der Waals surface area contributed by atoms with Crippen LogP contribution in [0.15, 0.2) is 54.6 Å². The molecule has 0 aliphatic heterocycles. The molecular formula is C21H21NO4. The molecule has 0 radical (unpaired) electrons. The Morgan fingerprint density at radius 2 is 1.54 bits per heavy atom. The molecule has 0 saturated heterocycles. The second kappa shape index (κ2) is 7.78. The van der Waals surface area contributed by atoms with Crippen molar-refractivity contribution in [3.63, 3.8) is 0 Å². The Balaban J connectivity index is 1.84. The fourth-order valence-electron chi connectivity index (χ4n) is 2.94. The average Bonchev–Trinajstić information content (AvgIpc) is 2.70. The summed E-state index contributed by atoms with van der Waals surface area (Å²) in [5.74, 6) is 1.14. The SMILES string of the molecule is COc1cc(C(=O)NCc2cccc3ccccc23)cc(OC)c1OC. The third kappa shape index (κ3) is 3.42. The van der Waals surface area contributed by atoms with Crippen molar-refractivity contribution >= 4 is 16.7 Å². The molecule has 1 N–H and O–H groups in total. The number of fused-ring (bicyclic) bond motifs is 1. The molecule has 3 rings (SSSR count). The zero-order chi connectivity index (χ0) is 18.5. The Morgan fingerprint density at radius 1 is 0.885 bits per heavy atom. The quantitative estimate of drug-likeness (QED) is 0.734. The number of amides is 1. The van der Waals surface area contributed by atoms with E-state index in [2.05, 4.69) is 23.5 Å². The topological polar surface area (TPSA) is 56.8 Å². The summed E-state index contributed by atoms with van der Waals surface area (Å²) in [6.45, 7) is 0.427. The fraction of sp³-hybridized carbons (Fsp3) is 0.190. The maximum Gasteiger partial charge on any atom is 0.251 e. The summed E-state index contributed by atoms with van der Waals surface area (Å²) in [5.41, 5.74) is 1.50. The summed E-state index contributed by atoms with van der Waals surface area (Å²) >= 11 is 0. The number of nitrogens with one attached hydrogen (secondary N) is 1. The van der Waals surface area contributed by atoms with Crippen LogP contribution >= 0.6 is 0 Å². The van der Waals surface area contributed by atoms with Crippen LogP contribution in [0.2, 0.25) is 0 Å². The highest BCUT2D eigenvalue weighted by molar-refractivity contribution is 5.96. The van der Waals surface area contributed by atoms with Gasteiger partial charge in [-0.2, -0.15) is 0 Å². The predicted octanol–water partition coefficient (Wildman–Crippen LogP) is 3.80. The number of carbonyl (C=O) groups excluding carboxylic acids is 1. The number of hydrogen-bond donors (Lipinski definition) is 1. The van der Waals surface area contributed by atoms with Crippen LogP contribution in [0.1, 0.15) is 15.9 Å². The Hall–Kier alpha value is -3.21. The first-order chi connectivity index (χ1) is 12.7. The highest BCUT2D eigenvalue weighted by atomic mass is 16.5. The van der Waals surface area contributed by atoms with Crippen LogP contribution in [-0.4, -0.2) is 27.2 Å². The lowest BCUT2D eigenvalue weighted by Crippen LogP contribution is -2.23. The Kier molecular flexibility index (Phi) is 5.27. The van der Waals surface area contributed by atoms with Gasteiger partial charge in [-0.1, -0.05) is 42.5 Å². The van der Waals surface area contributed by atoms with Gasteiger partial charge in [0.25, 0.3) is 5.91 Å². The minimum absolute atomic E-state index is 0.211. The van der Waals surface area contributed by atoms with Crippen LogP contribution in [-0.2, 0) is 6.54 Å². The van der Waals surface area contributed by atoms with E-state index in [0.29, 0.717) is 29.4 Å². The zero-order valence-corrected chi connectivity index (χ0v) is 15.0. The summed E-state index contributed by atoms with van der Waals surface area (Å²) in [6.07, 6.45) is 0. The van der Waals surface area contributed by atoms with Crippen LogP contribution in [0.25, 0.3) is 10.8 Å². The summed E-state index contributed by atoms with van der Waals surface area (Å²) in [5, 5.41) is 5.23. The summed E-state index contributed by atoms with van der Waals surface area (Å²) in [6, 6.07) is 17.4. The molecule has 0 aliphatic carbocycles. The van der Waals surface area contributed by atoms with Gasteiger partial charge in [0.05, 0.1) is 21.3 Å². The van der Waals surface area contributed by atoms with Crippen molar-refractivity contribution in [2.24, 2.45) is 0 Å². The molecule has 1 amide bonds. The van der Waals surface area contributed by atoms with Crippen molar-refractivity contribution in [3.05, 3.63) is 65.7 Å². The highest BCUT2D eigenvalue weighted by Crippen LogP contribution is 2.38. The van der Waals surface area contributed by atoms with Crippen LogP contribution in [0.3, 0.4) is 0 Å². The van der Waals surface area contributed by atoms with Crippen LogP contribution in [0.5, 0.6) is 17.2 Å². The summed E-state index contributed by atoms with van der Waals surface area (Å²) in [7, 11) is 4.57. The van der Waals surface area contributed by atoms with E-state index in [-0.39, 0.29) is 5.91 Å². The van der Waals surface area contributed by atoms with E-state index in [4.69, 9.17) is 14.2 Å². The molecule has 5 heteroatoms. The normalized spacial score (nSPS) is 10.4. The second-order valence-corrected chi connectivity index (χ2v) is 5.73. The molecule has 0 bridgehead atoms. The molecule has 26 heavy (non-hydrogen) atoms. The molecule has 3 aromatic carbocycles. The van der Waals surface area contributed by atoms with E-state index < -0.39 is 0 Å². The lowest BCUT2D eigenvalue weighted by atomic mass is 10.0. The molecule has 0 heterocycles. The van der Waals surface area contributed by atoms with Gasteiger partial charge in [-0.3, -0.25) is 4.79 Å². The number of benzene rings is 3. The highest BCUT2D eigenvalue weighted by Gasteiger charge is 2.17. The monoisotopic (exact) mass is 351 g/mol. The third-order valence-electron chi connectivity index (χ3n) is 4.25. The van der Waals surface area contributed by atoms with Crippen molar-refractivity contribution < 1.29 is 19.0 Å². The van der Waals surface area contributed by atoms with Crippen molar-refractivity contribution in [2.45, 2.75) is 6.54 Å². The Morgan fingerprint density at radius 3 is 2.19 bits per heavy atom. The van der Waals surface area contributed by atoms with Gasteiger partial charge in [0, 0.05) is 12.1 Å². The average molecular weight is 351 g/mol. The molecule has 3 aromatic rings. The first-order valence-corrected chi connectivity index (χ1v) is 8.22. The van der Waals surface area contributed by atoms with Crippen LogP contribution in [0.4, 0.5) is 0 Å². The van der Waals surface area contributed by atoms with Crippen molar-refractivity contribution in [1.82, 2.24) is 5.32 Å². The molecule has 0 fully saturated rings. The number of ether oxygens (including phenoxy) is 3. The Bertz CT molecular complexity index is 906. The third-order valence-corrected chi connectivity index (χ3v) is 4.25. The molecule has 0 aromatic heterocycles. The largest absolute Gasteiger partial charge is 0.493 e. The standard InChI is InChI=1S/C21H21NO4/c1-24-18-11-16(12-19(25-2)20(18)26-3)21(23)22-13-15-9-6-8-14-7-4-5-10-17(14)15/h4-12H,13H2,1-3H3,(H,22,23). The predicted molar refractivity (Wildman–Crippen MR) is 101 cm³/mol. The number of hydrogen-bond acceptors (Lipinski definition) is 4. The molecule has 134 valence electrons. The molecule has 5 nitrogen and oxygen atoms in total. The Labute approximate surface area is 152 Å². The maximum atomic E-state index is 12.6. The zero-order valence-electron chi connectivity index (χ0n) is 15.0. The molecule has 0 spiro atoms. The minimum Gasteiger partial charge on any atom is -0.493 e. The first kappa shape index (κ1) is 17.6. The van der Waals surface area contributed by atoms with E-state index >= 15 is 0 Å².